The van der Waals surface area contributed by atoms with E-state index in [1.54, 1.807) is 11.3 Å². The number of aryl methyl sites for hydroxylation is 1. The fourth-order valence-electron chi connectivity index (χ4n) is 4.48. The van der Waals surface area contributed by atoms with Gasteiger partial charge in [0.25, 0.3) is 5.91 Å². The molecule has 0 spiro atoms. The van der Waals surface area contributed by atoms with Crippen molar-refractivity contribution in [2.45, 2.75) is 13.3 Å². The number of ether oxygens (including phenoxy) is 1. The van der Waals surface area contributed by atoms with Crippen molar-refractivity contribution in [1.29, 1.82) is 0 Å². The Labute approximate surface area is 222 Å². The molecule has 0 unspecified atom stereocenters. The number of thiophene rings is 1. The molecule has 4 aromatic rings. The Bertz CT molecular complexity index is 1350. The highest BCUT2D eigenvalue weighted by Crippen LogP contribution is 2.33. The summed E-state index contributed by atoms with van der Waals surface area (Å²) < 4.78 is 5.91. The Morgan fingerprint density at radius 3 is 2.35 bits per heavy atom. The molecule has 192 valence electrons. The summed E-state index contributed by atoms with van der Waals surface area (Å²) in [5.41, 5.74) is 2.98. The monoisotopic (exact) mass is 515 g/mol. The van der Waals surface area contributed by atoms with E-state index in [4.69, 9.17) is 9.72 Å². The predicted octanol–water partition coefficient (Wildman–Crippen LogP) is 4.82. The highest BCUT2D eigenvalue weighted by Gasteiger charge is 2.25. The molecule has 1 aliphatic heterocycles. The second-order valence-electron chi connectivity index (χ2n) is 9.49. The fraction of sp³-hybridized carbons (Fsp3) is 0.345. The summed E-state index contributed by atoms with van der Waals surface area (Å²) in [6, 6.07) is 20.7. The van der Waals surface area contributed by atoms with E-state index < -0.39 is 0 Å². The van der Waals surface area contributed by atoms with Gasteiger partial charge in [-0.2, -0.15) is 9.97 Å². The van der Waals surface area contributed by atoms with Crippen LogP contribution in [-0.2, 0) is 6.42 Å². The molecule has 0 atom stereocenters. The largest absolute Gasteiger partial charge is 0.462 e. The Balaban J connectivity index is 1.29. The van der Waals surface area contributed by atoms with Gasteiger partial charge in [0.1, 0.15) is 17.3 Å². The minimum absolute atomic E-state index is 0.0728. The number of amides is 1. The average Bonchev–Trinajstić information content (AvgIpc) is 3.36. The lowest BCUT2D eigenvalue weighted by atomic mass is 10.0. The lowest BCUT2D eigenvalue weighted by molar-refractivity contribution is 0.0746. The van der Waals surface area contributed by atoms with Crippen molar-refractivity contribution in [3.8, 4) is 17.1 Å². The van der Waals surface area contributed by atoms with Crippen molar-refractivity contribution >= 4 is 33.3 Å². The van der Waals surface area contributed by atoms with Gasteiger partial charge >= 0.3 is 6.01 Å². The van der Waals surface area contributed by atoms with Crippen LogP contribution >= 0.6 is 11.3 Å². The number of piperazine rings is 1. The van der Waals surface area contributed by atoms with Gasteiger partial charge in [-0.05, 0) is 49.8 Å². The van der Waals surface area contributed by atoms with E-state index in [1.807, 2.05) is 61.5 Å². The van der Waals surface area contributed by atoms with E-state index in [-0.39, 0.29) is 5.91 Å². The molecule has 0 saturated carbocycles. The van der Waals surface area contributed by atoms with Gasteiger partial charge in [-0.25, -0.2) is 0 Å². The van der Waals surface area contributed by atoms with Crippen LogP contribution in [0.3, 0.4) is 0 Å². The summed E-state index contributed by atoms with van der Waals surface area (Å²) in [6.07, 6.45) is 0.961. The molecule has 1 aliphatic rings. The van der Waals surface area contributed by atoms with Crippen molar-refractivity contribution in [1.82, 2.24) is 19.8 Å². The Morgan fingerprint density at radius 2 is 1.68 bits per heavy atom. The first kappa shape index (κ1) is 25.2. The number of likely N-dealkylation sites (N-methyl/N-ethyl adjacent to an activating group) is 1. The topological polar surface area (TPSA) is 61.8 Å². The van der Waals surface area contributed by atoms with Crippen molar-refractivity contribution in [3.05, 3.63) is 71.1 Å². The number of carbonyl (C=O) groups excluding carboxylic acids is 1. The maximum absolute atomic E-state index is 13.2. The van der Waals surface area contributed by atoms with E-state index in [2.05, 4.69) is 39.9 Å². The molecule has 7 nitrogen and oxygen atoms in total. The molecule has 0 aliphatic carbocycles. The molecule has 2 aromatic carbocycles. The van der Waals surface area contributed by atoms with Crippen LogP contribution in [0, 0.1) is 0 Å². The molecule has 8 heteroatoms. The molecular formula is C29H33N5O2S. The minimum Gasteiger partial charge on any atom is -0.462 e. The smallest absolute Gasteiger partial charge is 0.319 e. The number of nitrogens with zero attached hydrogens (tertiary/aromatic N) is 5. The first-order chi connectivity index (χ1) is 18.0. The highest BCUT2D eigenvalue weighted by atomic mass is 32.1. The number of anilines is 1. The number of hydrogen-bond donors (Lipinski definition) is 0. The highest BCUT2D eigenvalue weighted by molar-refractivity contribution is 7.18. The predicted molar refractivity (Wildman–Crippen MR) is 151 cm³/mol. The average molecular weight is 516 g/mol. The molecule has 1 amide bonds. The number of benzene rings is 2. The first-order valence-corrected chi connectivity index (χ1v) is 13.6. The molecular weight excluding hydrogens is 482 g/mol. The number of hydrogen-bond acceptors (Lipinski definition) is 7. The van der Waals surface area contributed by atoms with E-state index in [0.29, 0.717) is 38.8 Å². The molecule has 5 rings (SSSR count). The number of carbonyl (C=O) groups is 1. The third-order valence-corrected chi connectivity index (χ3v) is 7.80. The van der Waals surface area contributed by atoms with Crippen LogP contribution in [0.25, 0.3) is 21.3 Å². The van der Waals surface area contributed by atoms with Crippen LogP contribution in [0.4, 0.5) is 5.82 Å². The Hall–Kier alpha value is -3.49. The second-order valence-corrected chi connectivity index (χ2v) is 10.6. The summed E-state index contributed by atoms with van der Waals surface area (Å²) in [4.78, 5) is 31.2. The molecule has 2 aromatic heterocycles. The van der Waals surface area contributed by atoms with Gasteiger partial charge in [-0.1, -0.05) is 49.4 Å². The summed E-state index contributed by atoms with van der Waals surface area (Å²) in [5, 5.41) is 1.07. The maximum Gasteiger partial charge on any atom is 0.319 e. The van der Waals surface area contributed by atoms with E-state index >= 15 is 0 Å². The standard InChI is InChI=1S/C29H33N5O2S/c1-4-24-20-25-26(30-29(31-27(25)37-24)36-19-18-32(2)3)33-14-16-34(17-15-33)28(35)23-12-10-22(11-13-23)21-8-6-5-7-9-21/h5-13,20H,4,14-19H2,1-3H3. The second kappa shape index (κ2) is 11.3. The number of fused-ring (bicyclic) bond motifs is 1. The van der Waals surface area contributed by atoms with E-state index in [1.165, 1.54) is 4.88 Å². The molecule has 0 bridgehead atoms. The van der Waals surface area contributed by atoms with Crippen LogP contribution in [0.15, 0.2) is 60.7 Å². The lowest BCUT2D eigenvalue weighted by Crippen LogP contribution is -2.49. The van der Waals surface area contributed by atoms with Gasteiger partial charge in [0, 0.05) is 43.2 Å². The van der Waals surface area contributed by atoms with Crippen LogP contribution in [-0.4, -0.2) is 79.1 Å². The Morgan fingerprint density at radius 1 is 0.973 bits per heavy atom. The van der Waals surface area contributed by atoms with Gasteiger partial charge in [0.15, 0.2) is 0 Å². The van der Waals surface area contributed by atoms with E-state index in [9.17, 15) is 4.79 Å². The van der Waals surface area contributed by atoms with Crippen LogP contribution in [0.5, 0.6) is 6.01 Å². The first-order valence-electron chi connectivity index (χ1n) is 12.8. The summed E-state index contributed by atoms with van der Waals surface area (Å²) >= 11 is 1.70. The van der Waals surface area contributed by atoms with Crippen molar-refractivity contribution in [2.24, 2.45) is 0 Å². The zero-order valence-corrected chi connectivity index (χ0v) is 22.5. The zero-order valence-electron chi connectivity index (χ0n) is 21.7. The summed E-state index contributed by atoms with van der Waals surface area (Å²) in [7, 11) is 4.04. The molecule has 0 N–H and O–H groups in total. The SMILES string of the molecule is CCc1cc2c(N3CCN(C(=O)c4ccc(-c5ccccc5)cc4)CC3)nc(OCCN(C)C)nc2s1. The van der Waals surface area contributed by atoms with Crippen LogP contribution in [0.1, 0.15) is 22.2 Å². The van der Waals surface area contributed by atoms with Crippen LogP contribution in [0.2, 0.25) is 0 Å². The van der Waals surface area contributed by atoms with Crippen molar-refractivity contribution < 1.29 is 9.53 Å². The molecule has 1 saturated heterocycles. The number of rotatable bonds is 8. The van der Waals surface area contributed by atoms with Gasteiger partial charge in [-0.3, -0.25) is 4.79 Å². The maximum atomic E-state index is 13.2. The lowest BCUT2D eigenvalue weighted by Gasteiger charge is -2.35. The third kappa shape index (κ3) is 5.76. The van der Waals surface area contributed by atoms with Gasteiger partial charge in [0.05, 0.1) is 5.39 Å². The van der Waals surface area contributed by atoms with Crippen molar-refractivity contribution in [3.63, 3.8) is 0 Å². The molecule has 37 heavy (non-hydrogen) atoms. The summed E-state index contributed by atoms with van der Waals surface area (Å²) in [5.74, 6) is 0.976. The zero-order chi connectivity index (χ0) is 25.8. The van der Waals surface area contributed by atoms with Gasteiger partial charge < -0.3 is 19.4 Å². The third-order valence-electron chi connectivity index (χ3n) is 6.63. The Kier molecular flexibility index (Phi) is 7.67. The molecule has 0 radical (unpaired) electrons. The quantitative estimate of drug-likeness (QED) is 0.335. The minimum atomic E-state index is 0.0728. The molecule has 1 fully saturated rings. The normalized spacial score (nSPS) is 13.9. The van der Waals surface area contributed by atoms with Crippen molar-refractivity contribution in [2.75, 3.05) is 58.3 Å². The fourth-order valence-corrected chi connectivity index (χ4v) is 5.43. The van der Waals surface area contributed by atoms with Gasteiger partial charge in [-0.15, -0.1) is 11.3 Å². The van der Waals surface area contributed by atoms with E-state index in [0.717, 1.165) is 45.7 Å². The summed E-state index contributed by atoms with van der Waals surface area (Å²) in [6.45, 7) is 6.22. The molecule has 3 heterocycles. The van der Waals surface area contributed by atoms with Gasteiger partial charge in [0.2, 0.25) is 0 Å². The number of aromatic nitrogens is 2. The van der Waals surface area contributed by atoms with Crippen LogP contribution < -0.4 is 9.64 Å².